The molecule has 0 unspecified atom stereocenters. The fourth-order valence-electron chi connectivity index (χ4n) is 2.35. The summed E-state index contributed by atoms with van der Waals surface area (Å²) in [5, 5.41) is 15.4. The number of hydrogen-bond acceptors (Lipinski definition) is 8. The third-order valence-corrected chi connectivity index (χ3v) is 3.75. The van der Waals surface area contributed by atoms with Gasteiger partial charge in [-0.2, -0.15) is 0 Å². The number of nitro benzene ring substituents is 1. The smallest absolute Gasteiger partial charge is 0.325 e. The molecule has 0 spiro atoms. The Hall–Kier alpha value is -4.15. The van der Waals surface area contributed by atoms with Crippen molar-refractivity contribution in [1.82, 2.24) is 5.32 Å². The van der Waals surface area contributed by atoms with Crippen molar-refractivity contribution in [3.05, 3.63) is 58.1 Å². The molecule has 2 aromatic rings. The molecule has 2 amide bonds. The van der Waals surface area contributed by atoms with Crippen LogP contribution < -0.4 is 20.1 Å². The number of nitro groups is 1. The molecule has 1 aliphatic heterocycles. The normalized spacial score (nSPS) is 11.4. The Labute approximate surface area is 163 Å². The monoisotopic (exact) mass is 401 g/mol. The van der Waals surface area contributed by atoms with Gasteiger partial charge in [0.1, 0.15) is 6.54 Å². The van der Waals surface area contributed by atoms with Crippen molar-refractivity contribution in [3.63, 3.8) is 0 Å². The number of esters is 1. The number of ether oxygens (including phenoxy) is 3. The number of anilines is 1. The Morgan fingerprint density at radius 3 is 2.52 bits per heavy atom. The van der Waals surface area contributed by atoms with Crippen molar-refractivity contribution in [1.29, 1.82) is 0 Å². The van der Waals surface area contributed by atoms with Crippen LogP contribution in [0.4, 0.5) is 11.4 Å². The first-order valence-electron chi connectivity index (χ1n) is 8.30. The van der Waals surface area contributed by atoms with Crippen LogP contribution in [0.1, 0.15) is 10.4 Å². The van der Waals surface area contributed by atoms with Crippen LogP contribution in [0, 0.1) is 10.1 Å². The molecular formula is C18H15N3O8. The molecule has 0 radical (unpaired) electrons. The number of benzene rings is 2. The second-order valence-electron chi connectivity index (χ2n) is 5.76. The van der Waals surface area contributed by atoms with Crippen LogP contribution in [-0.2, 0) is 14.3 Å². The average Bonchev–Trinajstić information content (AvgIpc) is 3.18. The quantitative estimate of drug-likeness (QED) is 0.400. The number of amides is 2. The van der Waals surface area contributed by atoms with E-state index >= 15 is 0 Å². The standard InChI is InChI=1S/C18H15N3O8/c22-16(20-12-2-4-13(5-3-12)21(25)26)9-27-17(23)8-19-18(24)11-1-6-14-15(7-11)29-10-28-14/h1-7H,8-10H2,(H,19,24)(H,20,22). The summed E-state index contributed by atoms with van der Waals surface area (Å²) in [6.45, 7) is -0.928. The zero-order valence-electron chi connectivity index (χ0n) is 14.9. The van der Waals surface area contributed by atoms with Crippen LogP contribution in [0.25, 0.3) is 0 Å². The fraction of sp³-hybridized carbons (Fsp3) is 0.167. The zero-order valence-corrected chi connectivity index (χ0v) is 14.9. The van der Waals surface area contributed by atoms with Gasteiger partial charge in [-0.05, 0) is 30.3 Å². The molecule has 2 N–H and O–H groups in total. The summed E-state index contributed by atoms with van der Waals surface area (Å²) in [6, 6.07) is 9.75. The Kier molecular flexibility index (Phi) is 5.88. The number of fused-ring (bicyclic) bond motifs is 1. The van der Waals surface area contributed by atoms with E-state index in [1.165, 1.54) is 36.4 Å². The first-order valence-corrected chi connectivity index (χ1v) is 8.30. The molecule has 0 saturated carbocycles. The lowest BCUT2D eigenvalue weighted by molar-refractivity contribution is -0.384. The molecule has 0 aliphatic carbocycles. The van der Waals surface area contributed by atoms with Gasteiger partial charge in [-0.1, -0.05) is 0 Å². The van der Waals surface area contributed by atoms with Gasteiger partial charge in [0.05, 0.1) is 4.92 Å². The van der Waals surface area contributed by atoms with Gasteiger partial charge in [0.25, 0.3) is 17.5 Å². The molecular weight excluding hydrogens is 386 g/mol. The van der Waals surface area contributed by atoms with E-state index in [0.717, 1.165) is 0 Å². The summed E-state index contributed by atoms with van der Waals surface area (Å²) in [6.07, 6.45) is 0. The van der Waals surface area contributed by atoms with E-state index in [9.17, 15) is 24.5 Å². The van der Waals surface area contributed by atoms with Crippen molar-refractivity contribution < 1.29 is 33.5 Å². The number of rotatable bonds is 7. The highest BCUT2D eigenvalue weighted by Crippen LogP contribution is 2.32. The van der Waals surface area contributed by atoms with Crippen molar-refractivity contribution in [2.45, 2.75) is 0 Å². The molecule has 0 bridgehead atoms. The molecule has 150 valence electrons. The Balaban J connectivity index is 1.40. The molecule has 11 nitrogen and oxygen atoms in total. The van der Waals surface area contributed by atoms with Crippen LogP contribution in [-0.4, -0.2) is 42.7 Å². The lowest BCUT2D eigenvalue weighted by Crippen LogP contribution is -2.32. The van der Waals surface area contributed by atoms with E-state index < -0.39 is 35.9 Å². The van der Waals surface area contributed by atoms with Crippen LogP contribution >= 0.6 is 0 Å². The van der Waals surface area contributed by atoms with E-state index in [4.69, 9.17) is 14.2 Å². The molecule has 11 heteroatoms. The van der Waals surface area contributed by atoms with Crippen molar-refractivity contribution in [3.8, 4) is 11.5 Å². The van der Waals surface area contributed by atoms with E-state index in [1.54, 1.807) is 6.07 Å². The van der Waals surface area contributed by atoms with Crippen molar-refractivity contribution in [2.24, 2.45) is 0 Å². The Bertz CT molecular complexity index is 958. The molecule has 0 aromatic heterocycles. The van der Waals surface area contributed by atoms with E-state index in [1.807, 2.05) is 0 Å². The third kappa shape index (κ3) is 5.19. The zero-order chi connectivity index (χ0) is 20.8. The molecule has 0 saturated heterocycles. The SMILES string of the molecule is O=C(COC(=O)CNC(=O)c1ccc2c(c1)OCO2)Nc1ccc([N+](=O)[O-])cc1. The summed E-state index contributed by atoms with van der Waals surface area (Å²) >= 11 is 0. The van der Waals surface area contributed by atoms with Crippen LogP contribution in [0.15, 0.2) is 42.5 Å². The van der Waals surface area contributed by atoms with Gasteiger partial charge >= 0.3 is 5.97 Å². The fourth-order valence-corrected chi connectivity index (χ4v) is 2.35. The minimum atomic E-state index is -0.807. The van der Waals surface area contributed by atoms with Crippen molar-refractivity contribution >= 4 is 29.2 Å². The molecule has 0 fully saturated rings. The second kappa shape index (κ2) is 8.69. The van der Waals surface area contributed by atoms with Gasteiger partial charge in [-0.15, -0.1) is 0 Å². The molecule has 3 rings (SSSR count). The van der Waals surface area contributed by atoms with Crippen LogP contribution in [0.2, 0.25) is 0 Å². The number of carbonyl (C=O) groups is 3. The largest absolute Gasteiger partial charge is 0.454 e. The first kappa shape index (κ1) is 19.6. The van der Waals surface area contributed by atoms with Crippen molar-refractivity contribution in [2.75, 3.05) is 25.3 Å². The number of nitrogens with one attached hydrogen (secondary N) is 2. The van der Waals surface area contributed by atoms with Gasteiger partial charge in [-0.25, -0.2) is 0 Å². The summed E-state index contributed by atoms with van der Waals surface area (Å²) < 4.78 is 15.1. The van der Waals surface area contributed by atoms with E-state index in [0.29, 0.717) is 17.2 Å². The lowest BCUT2D eigenvalue weighted by atomic mass is 10.2. The summed E-state index contributed by atoms with van der Waals surface area (Å²) in [4.78, 5) is 45.6. The minimum Gasteiger partial charge on any atom is -0.454 e. The first-order chi connectivity index (χ1) is 13.9. The Morgan fingerprint density at radius 2 is 1.79 bits per heavy atom. The van der Waals surface area contributed by atoms with E-state index in [2.05, 4.69) is 10.6 Å². The number of non-ortho nitro benzene ring substituents is 1. The van der Waals surface area contributed by atoms with Gasteiger partial charge in [0.2, 0.25) is 6.79 Å². The lowest BCUT2D eigenvalue weighted by Gasteiger charge is -2.08. The second-order valence-corrected chi connectivity index (χ2v) is 5.76. The average molecular weight is 401 g/mol. The minimum absolute atomic E-state index is 0.0780. The van der Waals surface area contributed by atoms with Gasteiger partial charge in [0.15, 0.2) is 18.1 Å². The van der Waals surface area contributed by atoms with Gasteiger partial charge < -0.3 is 24.8 Å². The highest BCUT2D eigenvalue weighted by Gasteiger charge is 2.17. The molecule has 0 atom stereocenters. The summed E-state index contributed by atoms with van der Waals surface area (Å²) in [5.41, 5.74) is 0.471. The van der Waals surface area contributed by atoms with Crippen LogP contribution in [0.5, 0.6) is 11.5 Å². The molecule has 2 aromatic carbocycles. The van der Waals surface area contributed by atoms with Crippen LogP contribution in [0.3, 0.4) is 0 Å². The topological polar surface area (TPSA) is 146 Å². The maximum atomic E-state index is 12.1. The number of carbonyl (C=O) groups excluding carboxylic acids is 3. The highest BCUT2D eigenvalue weighted by atomic mass is 16.7. The maximum Gasteiger partial charge on any atom is 0.325 e. The predicted molar refractivity (Wildman–Crippen MR) is 97.6 cm³/mol. The third-order valence-electron chi connectivity index (χ3n) is 3.75. The highest BCUT2D eigenvalue weighted by molar-refractivity contribution is 5.97. The van der Waals surface area contributed by atoms with Gasteiger partial charge in [0, 0.05) is 23.4 Å². The molecule has 1 heterocycles. The molecule has 29 heavy (non-hydrogen) atoms. The van der Waals surface area contributed by atoms with Gasteiger partial charge in [-0.3, -0.25) is 24.5 Å². The predicted octanol–water partition coefficient (Wildman–Crippen LogP) is 1.24. The van der Waals surface area contributed by atoms with E-state index in [-0.39, 0.29) is 18.0 Å². The number of nitrogens with zero attached hydrogens (tertiary/aromatic N) is 1. The maximum absolute atomic E-state index is 12.1. The Morgan fingerprint density at radius 1 is 1.07 bits per heavy atom. The number of hydrogen-bond donors (Lipinski definition) is 2. The summed E-state index contributed by atoms with van der Waals surface area (Å²) in [5.74, 6) is -0.994. The summed E-state index contributed by atoms with van der Waals surface area (Å²) in [7, 11) is 0. The molecule has 1 aliphatic rings.